The van der Waals surface area contributed by atoms with E-state index in [1.54, 1.807) is 6.92 Å². The van der Waals surface area contributed by atoms with Crippen molar-refractivity contribution in [3.05, 3.63) is 33.9 Å². The molecule has 0 spiro atoms. The molecule has 0 amide bonds. The molecule has 0 bridgehead atoms. The van der Waals surface area contributed by atoms with Crippen LogP contribution in [0.3, 0.4) is 0 Å². The number of nitrogens with one attached hydrogen (secondary N) is 1. The van der Waals surface area contributed by atoms with Gasteiger partial charge in [-0.1, -0.05) is 0 Å². The second kappa shape index (κ2) is 4.59. The summed E-state index contributed by atoms with van der Waals surface area (Å²) >= 11 is 0. The Morgan fingerprint density at radius 3 is 2.58 bits per heavy atom. The second-order valence-corrected chi connectivity index (χ2v) is 6.14. The fraction of sp³-hybridized carbons (Fsp3) is 0.111. The molecule has 0 saturated heterocycles. The van der Waals surface area contributed by atoms with E-state index in [4.69, 9.17) is 10.7 Å². The highest BCUT2D eigenvalue weighted by Gasteiger charge is 2.18. The zero-order valence-electron chi connectivity index (χ0n) is 9.49. The summed E-state index contributed by atoms with van der Waals surface area (Å²) in [4.78, 5) is 13.8. The second-order valence-electron chi connectivity index (χ2n) is 3.66. The molecule has 10 heteroatoms. The number of nitrogens with zero attached hydrogens (tertiary/aromatic N) is 3. The lowest BCUT2D eigenvalue weighted by molar-refractivity contribution is -0.384. The highest BCUT2D eigenvalue weighted by Crippen LogP contribution is 2.25. The van der Waals surface area contributed by atoms with E-state index in [0.717, 1.165) is 0 Å². The number of non-ortho nitro benzene ring substituents is 1. The molecule has 0 aliphatic heterocycles. The minimum atomic E-state index is -3.99. The van der Waals surface area contributed by atoms with E-state index in [1.165, 1.54) is 18.2 Å². The van der Waals surface area contributed by atoms with Gasteiger partial charge in [0.15, 0.2) is 5.82 Å². The molecule has 1 aromatic carbocycles. The van der Waals surface area contributed by atoms with E-state index in [0.29, 0.717) is 11.1 Å². The Labute approximate surface area is 112 Å². The molecule has 1 N–H and O–H groups in total. The quantitative estimate of drug-likeness (QED) is 0.522. The zero-order chi connectivity index (χ0) is 14.2. The summed E-state index contributed by atoms with van der Waals surface area (Å²) in [7, 11) is 1.13. The van der Waals surface area contributed by atoms with Gasteiger partial charge in [0.2, 0.25) is 0 Å². The zero-order valence-corrected chi connectivity index (χ0v) is 11.1. The van der Waals surface area contributed by atoms with Crippen molar-refractivity contribution < 1.29 is 13.3 Å². The Bertz CT molecular complexity index is 755. The number of H-pyrrole nitrogens is 1. The number of benzene rings is 1. The van der Waals surface area contributed by atoms with Crippen LogP contribution >= 0.6 is 10.7 Å². The van der Waals surface area contributed by atoms with E-state index in [-0.39, 0.29) is 11.5 Å². The smallest absolute Gasteiger partial charge is 0.258 e. The molecule has 1 heterocycles. The van der Waals surface area contributed by atoms with Gasteiger partial charge in [0, 0.05) is 28.4 Å². The van der Waals surface area contributed by atoms with Crippen LogP contribution < -0.4 is 0 Å². The van der Waals surface area contributed by atoms with Crippen LogP contribution in [0.4, 0.5) is 5.69 Å². The van der Waals surface area contributed by atoms with Crippen LogP contribution in [0.2, 0.25) is 0 Å². The Hall–Kier alpha value is -2.00. The van der Waals surface area contributed by atoms with Crippen molar-refractivity contribution >= 4 is 25.4 Å². The number of rotatable bonds is 3. The first-order chi connectivity index (χ1) is 8.79. The van der Waals surface area contributed by atoms with Gasteiger partial charge < -0.3 is 0 Å². The van der Waals surface area contributed by atoms with Crippen LogP contribution in [0.1, 0.15) is 5.56 Å². The molecule has 8 nitrogen and oxygen atoms in total. The van der Waals surface area contributed by atoms with Gasteiger partial charge >= 0.3 is 0 Å². The van der Waals surface area contributed by atoms with Crippen LogP contribution in [0.15, 0.2) is 23.4 Å². The maximum atomic E-state index is 11.0. The van der Waals surface area contributed by atoms with Gasteiger partial charge in [-0.05, 0) is 18.6 Å². The first-order valence-corrected chi connectivity index (χ1v) is 7.22. The van der Waals surface area contributed by atoms with E-state index >= 15 is 0 Å². The SMILES string of the molecule is Cc1cc([N+](=O)[O-])ccc1-c1n[nH]c(S(=O)(=O)Cl)n1. The number of aromatic amines is 1. The summed E-state index contributed by atoms with van der Waals surface area (Å²) in [6.07, 6.45) is 0. The summed E-state index contributed by atoms with van der Waals surface area (Å²) < 4.78 is 22.1. The predicted molar refractivity (Wildman–Crippen MR) is 66.2 cm³/mol. The van der Waals surface area contributed by atoms with Crippen molar-refractivity contribution in [2.45, 2.75) is 12.1 Å². The van der Waals surface area contributed by atoms with Gasteiger partial charge in [0.05, 0.1) is 4.92 Å². The third-order valence-corrected chi connectivity index (χ3v) is 3.44. The normalized spacial score (nSPS) is 11.5. The van der Waals surface area contributed by atoms with Crippen LogP contribution in [0.5, 0.6) is 0 Å². The lowest BCUT2D eigenvalue weighted by Crippen LogP contribution is -1.93. The number of hydrogen-bond acceptors (Lipinski definition) is 6. The Morgan fingerprint density at radius 2 is 2.11 bits per heavy atom. The molecule has 2 rings (SSSR count). The Morgan fingerprint density at radius 1 is 1.42 bits per heavy atom. The standard InChI is InChI=1S/C9H7ClN4O4S/c1-5-4-6(14(15)16)2-3-7(5)8-11-9(13-12-8)19(10,17)18/h2-4H,1H3,(H,11,12,13). The molecule has 100 valence electrons. The average Bonchev–Trinajstić information content (AvgIpc) is 2.77. The third kappa shape index (κ3) is 2.71. The molecule has 0 aliphatic carbocycles. The monoisotopic (exact) mass is 302 g/mol. The van der Waals surface area contributed by atoms with Crippen LogP contribution in [0, 0.1) is 17.0 Å². The fourth-order valence-electron chi connectivity index (χ4n) is 1.49. The van der Waals surface area contributed by atoms with Gasteiger partial charge in [-0.25, -0.2) is 13.5 Å². The molecule has 2 aromatic rings. The number of nitro benzene ring substituents is 1. The van der Waals surface area contributed by atoms with Crippen molar-refractivity contribution in [2.24, 2.45) is 0 Å². The summed E-state index contributed by atoms with van der Waals surface area (Å²) in [5, 5.41) is 16.1. The molecular formula is C9H7ClN4O4S. The Balaban J connectivity index is 2.48. The van der Waals surface area contributed by atoms with E-state index in [2.05, 4.69) is 15.2 Å². The van der Waals surface area contributed by atoms with Crippen LogP contribution in [-0.2, 0) is 9.05 Å². The molecule has 19 heavy (non-hydrogen) atoms. The van der Waals surface area contributed by atoms with E-state index in [9.17, 15) is 18.5 Å². The van der Waals surface area contributed by atoms with Crippen molar-refractivity contribution in [1.82, 2.24) is 15.2 Å². The summed E-state index contributed by atoms with van der Waals surface area (Å²) in [5.74, 6) is 0.103. The van der Waals surface area contributed by atoms with Crippen molar-refractivity contribution in [3.8, 4) is 11.4 Å². The minimum Gasteiger partial charge on any atom is -0.258 e. The summed E-state index contributed by atoms with van der Waals surface area (Å²) in [6, 6.07) is 4.08. The molecule has 0 aliphatic rings. The maximum Gasteiger partial charge on any atom is 0.296 e. The lowest BCUT2D eigenvalue weighted by Gasteiger charge is -2.00. The van der Waals surface area contributed by atoms with Crippen LogP contribution in [-0.4, -0.2) is 28.5 Å². The summed E-state index contributed by atoms with van der Waals surface area (Å²) in [5.41, 5.74) is 0.960. The fourth-order valence-corrected chi connectivity index (χ4v) is 2.05. The lowest BCUT2D eigenvalue weighted by atomic mass is 10.1. The number of aryl methyl sites for hydroxylation is 1. The third-order valence-electron chi connectivity index (χ3n) is 2.36. The van der Waals surface area contributed by atoms with E-state index < -0.39 is 19.1 Å². The highest BCUT2D eigenvalue weighted by molar-refractivity contribution is 8.13. The highest BCUT2D eigenvalue weighted by atomic mass is 35.7. The molecule has 1 aromatic heterocycles. The predicted octanol–water partition coefficient (Wildman–Crippen LogP) is 1.62. The largest absolute Gasteiger partial charge is 0.296 e. The summed E-state index contributed by atoms with van der Waals surface area (Å²) in [6.45, 7) is 1.63. The van der Waals surface area contributed by atoms with Gasteiger partial charge in [0.25, 0.3) is 19.9 Å². The molecule has 0 radical (unpaired) electrons. The Kier molecular flexibility index (Phi) is 3.25. The van der Waals surface area contributed by atoms with E-state index in [1.807, 2.05) is 0 Å². The first kappa shape index (κ1) is 13.4. The molecule has 0 fully saturated rings. The van der Waals surface area contributed by atoms with Crippen molar-refractivity contribution in [2.75, 3.05) is 0 Å². The van der Waals surface area contributed by atoms with Gasteiger partial charge in [-0.3, -0.25) is 10.1 Å². The van der Waals surface area contributed by atoms with Crippen molar-refractivity contribution in [3.63, 3.8) is 0 Å². The number of nitro groups is 1. The van der Waals surface area contributed by atoms with Gasteiger partial charge in [-0.15, -0.1) is 0 Å². The number of hydrogen-bond donors (Lipinski definition) is 1. The van der Waals surface area contributed by atoms with Crippen LogP contribution in [0.25, 0.3) is 11.4 Å². The van der Waals surface area contributed by atoms with Gasteiger partial charge in [0.1, 0.15) is 0 Å². The number of halogens is 1. The first-order valence-electron chi connectivity index (χ1n) is 4.91. The molecular weight excluding hydrogens is 296 g/mol. The molecule has 0 atom stereocenters. The average molecular weight is 303 g/mol. The number of aromatic nitrogens is 3. The maximum absolute atomic E-state index is 11.0. The molecule has 0 saturated carbocycles. The van der Waals surface area contributed by atoms with Crippen molar-refractivity contribution in [1.29, 1.82) is 0 Å². The topological polar surface area (TPSA) is 119 Å². The molecule has 0 unspecified atom stereocenters. The van der Waals surface area contributed by atoms with Gasteiger partial charge in [-0.2, -0.15) is 10.1 Å². The minimum absolute atomic E-state index is 0.0676.